The van der Waals surface area contributed by atoms with Crippen molar-refractivity contribution in [1.29, 1.82) is 0 Å². The van der Waals surface area contributed by atoms with Gasteiger partial charge in [0, 0.05) is 0 Å². The molecule has 0 aromatic heterocycles. The van der Waals surface area contributed by atoms with E-state index in [1.54, 1.807) is 27.7 Å². The van der Waals surface area contributed by atoms with Crippen molar-refractivity contribution in [2.75, 3.05) is 19.8 Å². The number of esters is 2. The van der Waals surface area contributed by atoms with Gasteiger partial charge in [-0.1, -0.05) is 20.8 Å². The van der Waals surface area contributed by atoms with Gasteiger partial charge in [0.15, 0.2) is 11.4 Å². The molecule has 1 fully saturated rings. The van der Waals surface area contributed by atoms with Crippen molar-refractivity contribution in [3.63, 3.8) is 0 Å². The van der Waals surface area contributed by atoms with Crippen LogP contribution < -0.4 is 0 Å². The molecule has 6 heteroatoms. The molecule has 0 saturated carbocycles. The lowest BCUT2D eigenvalue weighted by molar-refractivity contribution is -0.305. The number of hydrogen-bond acceptors (Lipinski definition) is 6. The SMILES string of the molecule is CCOC(=O)CC1(OC(=O)C(C)C(C)C)COC(C)(C)OC1. The topological polar surface area (TPSA) is 71.1 Å². The van der Waals surface area contributed by atoms with Crippen LogP contribution in [-0.4, -0.2) is 43.1 Å². The maximum absolute atomic E-state index is 12.3. The number of ether oxygens (including phenoxy) is 4. The summed E-state index contributed by atoms with van der Waals surface area (Å²) in [6.45, 7) is 11.5. The molecule has 0 N–H and O–H groups in total. The second kappa shape index (κ2) is 7.42. The predicted octanol–water partition coefficient (Wildman–Crippen LogP) is 2.30. The molecule has 1 saturated heterocycles. The van der Waals surface area contributed by atoms with Crippen LogP contribution in [0.25, 0.3) is 0 Å². The summed E-state index contributed by atoms with van der Waals surface area (Å²) in [7, 11) is 0. The van der Waals surface area contributed by atoms with Gasteiger partial charge >= 0.3 is 11.9 Å². The zero-order valence-corrected chi connectivity index (χ0v) is 14.4. The average Bonchev–Trinajstić information content (AvgIpc) is 2.41. The van der Waals surface area contributed by atoms with E-state index in [9.17, 15) is 9.59 Å². The van der Waals surface area contributed by atoms with Gasteiger partial charge in [0.25, 0.3) is 0 Å². The van der Waals surface area contributed by atoms with Crippen LogP contribution in [-0.2, 0) is 28.5 Å². The molecule has 1 heterocycles. The maximum atomic E-state index is 12.3. The van der Waals surface area contributed by atoms with Gasteiger partial charge in [-0.15, -0.1) is 0 Å². The summed E-state index contributed by atoms with van der Waals surface area (Å²) in [5.74, 6) is -1.66. The minimum atomic E-state index is -1.12. The highest BCUT2D eigenvalue weighted by Gasteiger charge is 2.46. The first kappa shape index (κ1) is 18.9. The Bertz CT molecular complexity index is 391. The van der Waals surface area contributed by atoms with Gasteiger partial charge in [0.1, 0.15) is 0 Å². The zero-order chi connectivity index (χ0) is 17.0. The highest BCUT2D eigenvalue weighted by molar-refractivity contribution is 5.75. The van der Waals surface area contributed by atoms with Crippen LogP contribution in [0.3, 0.4) is 0 Å². The van der Waals surface area contributed by atoms with Crippen molar-refractivity contribution >= 4 is 11.9 Å². The Morgan fingerprint density at radius 2 is 1.68 bits per heavy atom. The summed E-state index contributed by atoms with van der Waals surface area (Å²) >= 11 is 0. The number of carbonyl (C=O) groups excluding carboxylic acids is 2. The van der Waals surface area contributed by atoms with E-state index in [1.807, 2.05) is 13.8 Å². The first-order chi connectivity index (χ1) is 10.1. The Morgan fingerprint density at radius 3 is 2.14 bits per heavy atom. The van der Waals surface area contributed by atoms with Gasteiger partial charge in [0.2, 0.25) is 0 Å². The van der Waals surface area contributed by atoms with Gasteiger partial charge in [-0.2, -0.15) is 0 Å². The van der Waals surface area contributed by atoms with Crippen LogP contribution in [0.2, 0.25) is 0 Å². The third-order valence-electron chi connectivity index (χ3n) is 3.83. The van der Waals surface area contributed by atoms with E-state index in [1.165, 1.54) is 0 Å². The van der Waals surface area contributed by atoms with Crippen molar-refractivity contribution in [3.8, 4) is 0 Å². The normalized spacial score (nSPS) is 21.2. The van der Waals surface area contributed by atoms with Crippen molar-refractivity contribution in [2.24, 2.45) is 11.8 Å². The molecular formula is C16H28O6. The van der Waals surface area contributed by atoms with Crippen molar-refractivity contribution < 1.29 is 28.5 Å². The molecule has 0 aliphatic carbocycles. The van der Waals surface area contributed by atoms with E-state index in [2.05, 4.69) is 0 Å². The minimum Gasteiger partial charge on any atom is -0.466 e. The Kier molecular flexibility index (Phi) is 6.38. The Hall–Kier alpha value is -1.14. The van der Waals surface area contributed by atoms with Gasteiger partial charge in [-0.3, -0.25) is 9.59 Å². The molecule has 1 aliphatic rings. The molecule has 0 aromatic rings. The summed E-state index contributed by atoms with van der Waals surface area (Å²) < 4.78 is 21.8. The van der Waals surface area contributed by atoms with Gasteiger partial charge in [-0.25, -0.2) is 0 Å². The van der Waals surface area contributed by atoms with Crippen molar-refractivity contribution in [3.05, 3.63) is 0 Å². The maximum Gasteiger partial charge on any atom is 0.310 e. The molecule has 0 radical (unpaired) electrons. The van der Waals surface area contributed by atoms with E-state index >= 15 is 0 Å². The largest absolute Gasteiger partial charge is 0.466 e. The van der Waals surface area contributed by atoms with Gasteiger partial charge in [0.05, 0.1) is 32.2 Å². The quantitative estimate of drug-likeness (QED) is 0.700. The molecule has 1 atom stereocenters. The third kappa shape index (κ3) is 5.25. The molecule has 1 aliphatic heterocycles. The molecule has 0 aromatic carbocycles. The molecule has 22 heavy (non-hydrogen) atoms. The Balaban J connectivity index is 2.83. The highest BCUT2D eigenvalue weighted by atomic mass is 16.7. The second-order valence-electron chi connectivity index (χ2n) is 6.60. The lowest BCUT2D eigenvalue weighted by atomic mass is 9.96. The van der Waals surface area contributed by atoms with Crippen LogP contribution in [0.4, 0.5) is 0 Å². The number of rotatable bonds is 6. The number of carbonyl (C=O) groups is 2. The van der Waals surface area contributed by atoms with Crippen LogP contribution >= 0.6 is 0 Å². The summed E-state index contributed by atoms with van der Waals surface area (Å²) in [5, 5.41) is 0. The molecule has 1 unspecified atom stereocenters. The lowest BCUT2D eigenvalue weighted by Crippen LogP contribution is -2.55. The molecule has 1 rings (SSSR count). The van der Waals surface area contributed by atoms with E-state index < -0.39 is 17.4 Å². The summed E-state index contributed by atoms with van der Waals surface area (Å²) in [6, 6.07) is 0. The van der Waals surface area contributed by atoms with Crippen LogP contribution in [0, 0.1) is 11.8 Å². The lowest BCUT2D eigenvalue weighted by Gasteiger charge is -2.42. The fraction of sp³-hybridized carbons (Fsp3) is 0.875. The molecule has 0 spiro atoms. The molecule has 0 bridgehead atoms. The summed E-state index contributed by atoms with van der Waals surface area (Å²) in [6.07, 6.45) is -0.0759. The molecule has 6 nitrogen and oxygen atoms in total. The van der Waals surface area contributed by atoms with E-state index in [0.29, 0.717) is 0 Å². The fourth-order valence-corrected chi connectivity index (χ4v) is 1.94. The Morgan fingerprint density at radius 1 is 1.14 bits per heavy atom. The van der Waals surface area contributed by atoms with Gasteiger partial charge < -0.3 is 18.9 Å². The second-order valence-corrected chi connectivity index (χ2v) is 6.60. The third-order valence-corrected chi connectivity index (χ3v) is 3.83. The zero-order valence-electron chi connectivity index (χ0n) is 14.4. The first-order valence-corrected chi connectivity index (χ1v) is 7.77. The fourth-order valence-electron chi connectivity index (χ4n) is 1.94. The number of hydrogen-bond donors (Lipinski definition) is 0. The molecular weight excluding hydrogens is 288 g/mol. The van der Waals surface area contributed by atoms with E-state index in [-0.39, 0.29) is 44.0 Å². The van der Waals surface area contributed by atoms with Crippen LogP contribution in [0.1, 0.15) is 48.0 Å². The summed E-state index contributed by atoms with van der Waals surface area (Å²) in [4.78, 5) is 24.1. The molecule has 0 amide bonds. The van der Waals surface area contributed by atoms with Gasteiger partial charge in [-0.05, 0) is 26.7 Å². The smallest absolute Gasteiger partial charge is 0.310 e. The van der Waals surface area contributed by atoms with Crippen molar-refractivity contribution in [2.45, 2.75) is 59.4 Å². The van der Waals surface area contributed by atoms with Crippen molar-refractivity contribution in [1.82, 2.24) is 0 Å². The van der Waals surface area contributed by atoms with E-state index in [4.69, 9.17) is 18.9 Å². The average molecular weight is 316 g/mol. The Labute approximate surface area is 132 Å². The molecule has 128 valence electrons. The highest BCUT2D eigenvalue weighted by Crippen LogP contribution is 2.30. The predicted molar refractivity (Wildman–Crippen MR) is 80.1 cm³/mol. The minimum absolute atomic E-state index is 0.0759. The standard InChI is InChI=1S/C16H28O6/c1-7-19-13(17)8-16(9-20-15(5,6)21-10-16)22-14(18)12(4)11(2)3/h11-12H,7-10H2,1-6H3. The summed E-state index contributed by atoms with van der Waals surface area (Å²) in [5.41, 5.74) is -1.12. The van der Waals surface area contributed by atoms with E-state index in [0.717, 1.165) is 0 Å². The van der Waals surface area contributed by atoms with Crippen LogP contribution in [0.15, 0.2) is 0 Å². The first-order valence-electron chi connectivity index (χ1n) is 7.77. The monoisotopic (exact) mass is 316 g/mol. The van der Waals surface area contributed by atoms with Crippen LogP contribution in [0.5, 0.6) is 0 Å².